The van der Waals surface area contributed by atoms with Crippen LogP contribution in [0.4, 0.5) is 0 Å². The van der Waals surface area contributed by atoms with Crippen LogP contribution < -0.4 is 0 Å². The molecule has 2 nitrogen and oxygen atoms in total. The van der Waals surface area contributed by atoms with Gasteiger partial charge in [-0.05, 0) is 48.5 Å². The molecule has 25 heavy (non-hydrogen) atoms. The highest BCUT2D eigenvalue weighted by Gasteiger charge is 2.35. The maximum absolute atomic E-state index is 5.98. The van der Waals surface area contributed by atoms with Crippen molar-refractivity contribution >= 4 is 28.9 Å². The van der Waals surface area contributed by atoms with E-state index in [2.05, 4.69) is 65.0 Å². The normalized spacial score (nSPS) is 22.9. The van der Waals surface area contributed by atoms with Crippen molar-refractivity contribution in [2.24, 2.45) is 11.3 Å². The van der Waals surface area contributed by atoms with Crippen molar-refractivity contribution in [2.75, 3.05) is 13.2 Å². The fourth-order valence-electron chi connectivity index (χ4n) is 2.99. The van der Waals surface area contributed by atoms with E-state index < -0.39 is 5.69 Å². The monoisotopic (exact) mass is 400 g/mol. The lowest BCUT2D eigenvalue weighted by Crippen LogP contribution is -2.29. The molecule has 142 valence electrons. The van der Waals surface area contributed by atoms with E-state index in [1.54, 1.807) is 11.4 Å². The first kappa shape index (κ1) is 21.4. The summed E-state index contributed by atoms with van der Waals surface area (Å²) in [4.78, 5) is 0. The van der Waals surface area contributed by atoms with Crippen molar-refractivity contribution in [3.8, 4) is 0 Å². The maximum Gasteiger partial charge on any atom is 0.247 e. The van der Waals surface area contributed by atoms with Crippen LogP contribution in [0.25, 0.3) is 0 Å². The Bertz CT molecular complexity index is 562. The molecular formula is C20H33O2PS2. The molecule has 0 aromatic heterocycles. The molecule has 3 unspecified atom stereocenters. The second-order valence-electron chi connectivity index (χ2n) is 8.04. The molecule has 2 rings (SSSR count). The third-order valence-corrected chi connectivity index (χ3v) is 10.8. The van der Waals surface area contributed by atoms with Crippen LogP contribution in [-0.4, -0.2) is 18.5 Å². The quantitative estimate of drug-likeness (QED) is 0.436. The van der Waals surface area contributed by atoms with Gasteiger partial charge >= 0.3 is 0 Å². The summed E-state index contributed by atoms with van der Waals surface area (Å²) >= 11 is 7.48. The van der Waals surface area contributed by atoms with Crippen LogP contribution in [0.3, 0.4) is 0 Å². The van der Waals surface area contributed by atoms with Crippen LogP contribution >= 0.6 is 17.1 Å². The first-order chi connectivity index (χ1) is 11.7. The topological polar surface area (TPSA) is 18.5 Å². The highest BCUT2D eigenvalue weighted by molar-refractivity contribution is 8.68. The van der Waals surface area contributed by atoms with Crippen LogP contribution in [0, 0.1) is 11.3 Å². The summed E-state index contributed by atoms with van der Waals surface area (Å²) in [6.07, 6.45) is 3.63. The van der Waals surface area contributed by atoms with Gasteiger partial charge in [0.05, 0.1) is 13.2 Å². The third kappa shape index (κ3) is 6.66. The summed E-state index contributed by atoms with van der Waals surface area (Å²) in [6, 6.07) is 10.9. The first-order valence-corrected chi connectivity index (χ1v) is 13.5. The van der Waals surface area contributed by atoms with Gasteiger partial charge in [-0.15, -0.1) is 0 Å². The molecule has 0 radical (unpaired) electrons. The second-order valence-corrected chi connectivity index (χ2v) is 14.6. The fourth-order valence-corrected chi connectivity index (χ4v) is 9.01. The smallest absolute Gasteiger partial charge is 0.247 e. The molecule has 1 saturated heterocycles. The molecule has 0 saturated carbocycles. The molecule has 5 heteroatoms. The first-order valence-electron chi connectivity index (χ1n) is 9.37. The number of hydrogen-bond donors (Lipinski definition) is 0. The molecule has 0 aliphatic carbocycles. The van der Waals surface area contributed by atoms with E-state index in [0.717, 1.165) is 0 Å². The van der Waals surface area contributed by atoms with E-state index in [1.165, 1.54) is 24.8 Å². The molecule has 0 amide bonds. The Kier molecular flexibility index (Phi) is 8.04. The molecule has 0 N–H and O–H groups in total. The summed E-state index contributed by atoms with van der Waals surface area (Å²) in [5, 5.41) is 0.459. The zero-order valence-electron chi connectivity index (χ0n) is 16.2. The predicted octanol–water partition coefficient (Wildman–Crippen LogP) is 7.02. The molecule has 1 fully saturated rings. The van der Waals surface area contributed by atoms with E-state index in [1.807, 2.05) is 0 Å². The molecule has 1 heterocycles. The average Bonchev–Trinajstić information content (AvgIpc) is 2.59. The molecule has 3 atom stereocenters. The van der Waals surface area contributed by atoms with Gasteiger partial charge in [0.1, 0.15) is 0 Å². The average molecular weight is 401 g/mol. The van der Waals surface area contributed by atoms with Crippen LogP contribution in [0.2, 0.25) is 0 Å². The Hall–Kier alpha value is 0.140. The van der Waals surface area contributed by atoms with Crippen LogP contribution in [0.5, 0.6) is 0 Å². The summed E-state index contributed by atoms with van der Waals surface area (Å²) in [5.41, 5.74) is -0.617. The number of rotatable bonds is 8. The van der Waals surface area contributed by atoms with Gasteiger partial charge in [-0.2, -0.15) is 0 Å². The Morgan fingerprint density at radius 3 is 2.28 bits per heavy atom. The van der Waals surface area contributed by atoms with Gasteiger partial charge in [-0.25, -0.2) is 0 Å². The lowest BCUT2D eigenvalue weighted by atomic mass is 9.88. The Labute approximate surface area is 163 Å². The Morgan fingerprint density at radius 2 is 1.72 bits per heavy atom. The standard InChI is InChI=1S/C20H33O2PS2/c1-6-18(19-10-8-7-9-11-19)13-12-16(2)17(3)25-23(24)21-14-20(4,5)15-22-23/h7-11,16-18H,6,12-15H2,1-5H3. The molecule has 1 aliphatic rings. The second kappa shape index (κ2) is 9.37. The lowest BCUT2D eigenvalue weighted by molar-refractivity contribution is 0.0671. The zero-order valence-corrected chi connectivity index (χ0v) is 18.8. The van der Waals surface area contributed by atoms with Crippen molar-refractivity contribution in [2.45, 2.75) is 65.0 Å². The maximum atomic E-state index is 5.98. The van der Waals surface area contributed by atoms with Gasteiger partial charge in [0.25, 0.3) is 0 Å². The van der Waals surface area contributed by atoms with E-state index >= 15 is 0 Å². The van der Waals surface area contributed by atoms with Crippen molar-refractivity contribution in [3.05, 3.63) is 35.9 Å². The number of hydrogen-bond acceptors (Lipinski definition) is 4. The zero-order chi connectivity index (χ0) is 18.5. The molecular weight excluding hydrogens is 367 g/mol. The van der Waals surface area contributed by atoms with Gasteiger partial charge in [0, 0.05) is 10.7 Å². The summed E-state index contributed by atoms with van der Waals surface area (Å²) < 4.78 is 12.0. The minimum absolute atomic E-state index is 0.0851. The largest absolute Gasteiger partial charge is 0.321 e. The van der Waals surface area contributed by atoms with E-state index in [0.29, 0.717) is 30.3 Å². The third-order valence-electron chi connectivity index (χ3n) is 5.06. The van der Waals surface area contributed by atoms with E-state index in [-0.39, 0.29) is 5.41 Å². The van der Waals surface area contributed by atoms with Crippen molar-refractivity contribution in [1.29, 1.82) is 0 Å². The van der Waals surface area contributed by atoms with Gasteiger partial charge in [0.15, 0.2) is 0 Å². The van der Waals surface area contributed by atoms with Crippen molar-refractivity contribution < 1.29 is 9.05 Å². The van der Waals surface area contributed by atoms with Gasteiger partial charge < -0.3 is 9.05 Å². The molecule has 0 spiro atoms. The lowest BCUT2D eigenvalue weighted by Gasteiger charge is -2.37. The summed E-state index contributed by atoms with van der Waals surface area (Å²) in [7, 11) is 0. The van der Waals surface area contributed by atoms with E-state index in [4.69, 9.17) is 20.9 Å². The summed E-state index contributed by atoms with van der Waals surface area (Å²) in [5.74, 6) is 1.25. The molecule has 1 aromatic rings. The molecule has 1 aliphatic heterocycles. The van der Waals surface area contributed by atoms with Gasteiger partial charge in [0.2, 0.25) is 5.69 Å². The van der Waals surface area contributed by atoms with Gasteiger partial charge in [-0.1, -0.05) is 76.3 Å². The molecule has 0 bridgehead atoms. The highest BCUT2D eigenvalue weighted by atomic mass is 32.9. The van der Waals surface area contributed by atoms with E-state index in [9.17, 15) is 0 Å². The summed E-state index contributed by atoms with van der Waals surface area (Å²) in [6.45, 7) is 12.7. The number of benzene rings is 1. The van der Waals surface area contributed by atoms with Crippen LogP contribution in [0.1, 0.15) is 65.4 Å². The van der Waals surface area contributed by atoms with Gasteiger partial charge in [-0.3, -0.25) is 0 Å². The SMILES string of the molecule is CCC(CCC(C)C(C)SP1(=S)OCC(C)(C)CO1)c1ccccc1. The van der Waals surface area contributed by atoms with Crippen molar-refractivity contribution in [3.63, 3.8) is 0 Å². The fraction of sp³-hybridized carbons (Fsp3) is 0.700. The van der Waals surface area contributed by atoms with Crippen LogP contribution in [0.15, 0.2) is 30.3 Å². The minimum Gasteiger partial charge on any atom is -0.321 e. The minimum atomic E-state index is -2.17. The Morgan fingerprint density at radius 1 is 1.12 bits per heavy atom. The Balaban J connectivity index is 1.84. The predicted molar refractivity (Wildman–Crippen MR) is 115 cm³/mol. The van der Waals surface area contributed by atoms with Crippen LogP contribution in [-0.2, 0) is 20.9 Å². The highest BCUT2D eigenvalue weighted by Crippen LogP contribution is 2.66. The van der Waals surface area contributed by atoms with Crippen molar-refractivity contribution in [1.82, 2.24) is 0 Å². The molecule has 1 aromatic carbocycles.